The zero-order valence-electron chi connectivity index (χ0n) is 16.7. The fourth-order valence-corrected chi connectivity index (χ4v) is 5.55. The molecule has 5 rings (SSSR count). The summed E-state index contributed by atoms with van der Waals surface area (Å²) < 4.78 is 5.22. The van der Waals surface area contributed by atoms with Crippen LogP contribution in [0.4, 0.5) is 0 Å². The van der Waals surface area contributed by atoms with Crippen LogP contribution >= 0.6 is 11.3 Å². The molecule has 0 saturated carbocycles. The Labute approximate surface area is 178 Å². The highest BCUT2D eigenvalue weighted by atomic mass is 32.1. The van der Waals surface area contributed by atoms with Crippen LogP contribution in [0.5, 0.6) is 0 Å². The molecule has 30 heavy (non-hydrogen) atoms. The molecule has 3 aromatic heterocycles. The predicted octanol–water partition coefficient (Wildman–Crippen LogP) is 2.81. The van der Waals surface area contributed by atoms with Gasteiger partial charge in [0.15, 0.2) is 0 Å². The number of hydrogen-bond acceptors (Lipinski definition) is 6. The lowest BCUT2D eigenvalue weighted by atomic mass is 9.97. The fraction of sp³-hybridized carbons (Fsp3) is 0.409. The summed E-state index contributed by atoms with van der Waals surface area (Å²) in [6.07, 6.45) is 9.24. The topological polar surface area (TPSA) is 82.4 Å². The molecule has 2 aliphatic rings. The molecule has 4 heterocycles. The van der Waals surface area contributed by atoms with Crippen LogP contribution < -0.4 is 5.56 Å². The molecule has 3 aromatic rings. The smallest absolute Gasteiger partial charge is 0.259 e. The summed E-state index contributed by atoms with van der Waals surface area (Å²) in [6, 6.07) is 3.61. The van der Waals surface area contributed by atoms with Crippen LogP contribution in [0, 0.1) is 0 Å². The quantitative estimate of drug-likeness (QED) is 0.652. The molecule has 1 fully saturated rings. The minimum Gasteiger partial charge on any atom is -0.465 e. The maximum Gasteiger partial charge on any atom is 0.259 e. The standard InChI is InChI=1S/C22H24N4O3S/c27-19(8-7-15-4-3-13-29-15)26-11-9-25(10-12-26)14-18-23-21(28)20-16-5-1-2-6-17(16)30-22(20)24-18/h3-4,7-8,13H,1-2,5-6,9-12,14H2,(H,23,24,28)/b8-7+. The number of carbonyl (C=O) groups excluding carboxylic acids is 1. The van der Waals surface area contributed by atoms with Crippen molar-refractivity contribution in [2.45, 2.75) is 32.2 Å². The van der Waals surface area contributed by atoms with Crippen LogP contribution in [-0.4, -0.2) is 51.9 Å². The molecular weight excluding hydrogens is 400 g/mol. The molecule has 0 bridgehead atoms. The number of piperazine rings is 1. The Morgan fingerprint density at radius 3 is 2.87 bits per heavy atom. The Kier molecular flexibility index (Phi) is 5.26. The van der Waals surface area contributed by atoms with Crippen LogP contribution in [0.2, 0.25) is 0 Å². The predicted molar refractivity (Wildman–Crippen MR) is 116 cm³/mol. The van der Waals surface area contributed by atoms with Gasteiger partial charge < -0.3 is 14.3 Å². The van der Waals surface area contributed by atoms with Gasteiger partial charge in [0.25, 0.3) is 5.56 Å². The van der Waals surface area contributed by atoms with Crippen molar-refractivity contribution in [2.24, 2.45) is 0 Å². The molecule has 0 radical (unpaired) electrons. The molecule has 0 atom stereocenters. The summed E-state index contributed by atoms with van der Waals surface area (Å²) in [5.74, 6) is 1.37. The number of nitrogens with zero attached hydrogens (tertiary/aromatic N) is 3. The first kappa shape index (κ1) is 19.3. The molecule has 0 spiro atoms. The monoisotopic (exact) mass is 424 g/mol. The third-order valence-electron chi connectivity index (χ3n) is 5.86. The zero-order valence-corrected chi connectivity index (χ0v) is 17.5. The second kappa shape index (κ2) is 8.20. The number of furan rings is 1. The largest absolute Gasteiger partial charge is 0.465 e. The van der Waals surface area contributed by atoms with Gasteiger partial charge >= 0.3 is 0 Å². The molecule has 0 aromatic carbocycles. The third-order valence-corrected chi connectivity index (χ3v) is 7.05. The van der Waals surface area contributed by atoms with Crippen molar-refractivity contribution in [3.8, 4) is 0 Å². The van der Waals surface area contributed by atoms with Crippen LogP contribution in [0.1, 0.15) is 34.9 Å². The maximum atomic E-state index is 12.7. The highest BCUT2D eigenvalue weighted by Gasteiger charge is 2.22. The average molecular weight is 425 g/mol. The van der Waals surface area contributed by atoms with E-state index in [-0.39, 0.29) is 11.5 Å². The van der Waals surface area contributed by atoms with E-state index in [1.807, 2.05) is 11.0 Å². The maximum absolute atomic E-state index is 12.7. The third kappa shape index (κ3) is 3.85. The summed E-state index contributed by atoms with van der Waals surface area (Å²) in [4.78, 5) is 39.1. The van der Waals surface area contributed by atoms with Crippen LogP contribution in [-0.2, 0) is 24.2 Å². The highest BCUT2D eigenvalue weighted by molar-refractivity contribution is 7.18. The Balaban J connectivity index is 1.23. The molecule has 1 aliphatic heterocycles. The van der Waals surface area contributed by atoms with Gasteiger partial charge in [-0.1, -0.05) is 0 Å². The van der Waals surface area contributed by atoms with E-state index in [4.69, 9.17) is 9.40 Å². The second-order valence-electron chi connectivity index (χ2n) is 7.85. The molecular formula is C22H24N4O3S. The SMILES string of the molecule is O=C(/C=C/c1ccco1)N1CCN(Cc2nc3sc4c(c3c(=O)[nH]2)CCCC4)CC1. The minimum absolute atomic E-state index is 0.00808. The van der Waals surface area contributed by atoms with Gasteiger partial charge in [0.2, 0.25) is 5.91 Å². The first-order valence-electron chi connectivity index (χ1n) is 10.4. The molecule has 8 heteroatoms. The van der Waals surface area contributed by atoms with E-state index in [2.05, 4.69) is 9.88 Å². The van der Waals surface area contributed by atoms with Gasteiger partial charge in [0.05, 0.1) is 18.2 Å². The van der Waals surface area contributed by atoms with Crippen molar-refractivity contribution in [1.29, 1.82) is 0 Å². The van der Waals surface area contributed by atoms with Gasteiger partial charge in [0.1, 0.15) is 16.4 Å². The van der Waals surface area contributed by atoms with Gasteiger partial charge in [-0.2, -0.15) is 0 Å². The lowest BCUT2D eigenvalue weighted by molar-refractivity contribution is -0.127. The number of thiophene rings is 1. The first-order valence-corrected chi connectivity index (χ1v) is 11.3. The summed E-state index contributed by atoms with van der Waals surface area (Å²) >= 11 is 1.68. The van der Waals surface area contributed by atoms with E-state index < -0.39 is 0 Å². The van der Waals surface area contributed by atoms with Crippen molar-refractivity contribution >= 4 is 33.5 Å². The lowest BCUT2D eigenvalue weighted by Crippen LogP contribution is -2.48. The number of aromatic amines is 1. The van der Waals surface area contributed by atoms with Crippen LogP contribution in [0.15, 0.2) is 33.7 Å². The number of aromatic nitrogens is 2. The number of rotatable bonds is 4. The van der Waals surface area contributed by atoms with E-state index in [0.717, 1.165) is 42.6 Å². The molecule has 1 saturated heterocycles. The van der Waals surface area contributed by atoms with Crippen LogP contribution in [0.3, 0.4) is 0 Å². The van der Waals surface area contributed by atoms with Crippen molar-refractivity contribution < 1.29 is 9.21 Å². The highest BCUT2D eigenvalue weighted by Crippen LogP contribution is 2.33. The molecule has 0 unspecified atom stereocenters. The van der Waals surface area contributed by atoms with Gasteiger partial charge in [0, 0.05) is 37.1 Å². The van der Waals surface area contributed by atoms with E-state index in [1.165, 1.54) is 16.9 Å². The molecule has 156 valence electrons. The summed E-state index contributed by atoms with van der Waals surface area (Å²) in [7, 11) is 0. The zero-order chi connectivity index (χ0) is 20.5. The summed E-state index contributed by atoms with van der Waals surface area (Å²) in [5, 5.41) is 0.803. The Morgan fingerprint density at radius 1 is 1.23 bits per heavy atom. The first-order chi connectivity index (χ1) is 14.7. The number of fused-ring (bicyclic) bond motifs is 3. The van der Waals surface area contributed by atoms with Crippen molar-refractivity contribution in [2.75, 3.05) is 26.2 Å². The summed E-state index contributed by atoms with van der Waals surface area (Å²) in [5.41, 5.74) is 1.21. The fourth-order valence-electron chi connectivity index (χ4n) is 4.27. The van der Waals surface area contributed by atoms with E-state index >= 15 is 0 Å². The Morgan fingerprint density at radius 2 is 2.07 bits per heavy atom. The van der Waals surface area contributed by atoms with E-state index in [9.17, 15) is 9.59 Å². The summed E-state index contributed by atoms with van der Waals surface area (Å²) in [6.45, 7) is 3.41. The van der Waals surface area contributed by atoms with Crippen molar-refractivity contribution in [3.05, 3.63) is 56.9 Å². The van der Waals surface area contributed by atoms with E-state index in [1.54, 1.807) is 35.8 Å². The van der Waals surface area contributed by atoms with Crippen molar-refractivity contribution in [1.82, 2.24) is 19.8 Å². The number of hydrogen-bond donors (Lipinski definition) is 1. The minimum atomic E-state index is -0.0110. The van der Waals surface area contributed by atoms with Gasteiger partial charge in [-0.05, 0) is 49.5 Å². The number of carbonyl (C=O) groups is 1. The molecule has 7 nitrogen and oxygen atoms in total. The number of amides is 1. The van der Waals surface area contributed by atoms with Gasteiger partial charge in [-0.15, -0.1) is 11.3 Å². The Bertz CT molecular complexity index is 1140. The Hall–Kier alpha value is -2.71. The van der Waals surface area contributed by atoms with E-state index in [0.29, 0.717) is 31.2 Å². The average Bonchev–Trinajstić information content (AvgIpc) is 3.40. The molecule has 1 aliphatic carbocycles. The normalized spacial score (nSPS) is 17.7. The molecule has 1 N–H and O–H groups in total. The van der Waals surface area contributed by atoms with Crippen molar-refractivity contribution in [3.63, 3.8) is 0 Å². The number of H-pyrrole nitrogens is 1. The second-order valence-corrected chi connectivity index (χ2v) is 8.94. The number of aryl methyl sites for hydroxylation is 2. The van der Waals surface area contributed by atoms with Gasteiger partial charge in [-0.25, -0.2) is 4.98 Å². The lowest BCUT2D eigenvalue weighted by Gasteiger charge is -2.33. The number of nitrogens with one attached hydrogen (secondary N) is 1. The molecule has 1 amide bonds. The van der Waals surface area contributed by atoms with Crippen LogP contribution in [0.25, 0.3) is 16.3 Å². The van der Waals surface area contributed by atoms with Gasteiger partial charge in [-0.3, -0.25) is 14.5 Å².